The summed E-state index contributed by atoms with van der Waals surface area (Å²) in [5, 5.41) is 1.35. The Morgan fingerprint density at radius 3 is 2.50 bits per heavy atom. The van der Waals surface area contributed by atoms with Gasteiger partial charge in [-0.3, -0.25) is 14.5 Å². The first-order valence-corrected chi connectivity index (χ1v) is 9.80. The molecule has 0 aromatic heterocycles. The molecule has 1 aromatic rings. The lowest BCUT2D eigenvalue weighted by Gasteiger charge is -2.46. The number of esters is 1. The fourth-order valence-electron chi connectivity index (χ4n) is 2.67. The lowest BCUT2D eigenvalue weighted by molar-refractivity contribution is -0.163. The molecule has 4 atom stereocenters. The molecule has 1 aliphatic heterocycles. The summed E-state index contributed by atoms with van der Waals surface area (Å²) >= 11 is 0. The van der Waals surface area contributed by atoms with Crippen LogP contribution in [-0.2, 0) is 36.1 Å². The number of halogens is 1. The van der Waals surface area contributed by atoms with Gasteiger partial charge in [0.05, 0.1) is 10.4 Å². The second-order valence-electron chi connectivity index (χ2n) is 5.90. The molecule has 1 saturated heterocycles. The second-order valence-corrected chi connectivity index (χ2v) is 7.80. The Hall–Kier alpha value is -2.03. The van der Waals surface area contributed by atoms with Gasteiger partial charge in [-0.25, -0.2) is 4.79 Å². The minimum absolute atomic E-state index is 0.0231. The van der Waals surface area contributed by atoms with Crippen molar-refractivity contribution in [3.8, 4) is 0 Å². The summed E-state index contributed by atoms with van der Waals surface area (Å²) in [7, 11) is 3.69. The van der Waals surface area contributed by atoms with Gasteiger partial charge in [0, 0.05) is 6.92 Å². The Balaban J connectivity index is 2.15. The molecule has 9 heteroatoms. The van der Waals surface area contributed by atoms with Gasteiger partial charge in [-0.2, -0.15) is 0 Å². The number of amides is 2. The monoisotopic (exact) mass is 398 g/mol. The van der Waals surface area contributed by atoms with Gasteiger partial charge in [-0.05, 0) is 18.1 Å². The highest BCUT2D eigenvalue weighted by atomic mass is 35.7. The van der Waals surface area contributed by atoms with Crippen molar-refractivity contribution in [3.05, 3.63) is 48.0 Å². The van der Waals surface area contributed by atoms with Crippen molar-refractivity contribution < 1.29 is 23.7 Å². The van der Waals surface area contributed by atoms with E-state index in [0.717, 1.165) is 10.5 Å². The van der Waals surface area contributed by atoms with E-state index in [4.69, 9.17) is 15.4 Å². The molecule has 0 radical (unpaired) electrons. The number of likely N-dealkylation sites (tertiary alicyclic amines) is 1. The first-order valence-electron chi connectivity index (χ1n) is 7.76. The van der Waals surface area contributed by atoms with E-state index in [1.807, 2.05) is 18.2 Å². The van der Waals surface area contributed by atoms with Gasteiger partial charge in [0.15, 0.2) is 22.8 Å². The molecule has 0 spiro atoms. The maximum absolute atomic E-state index is 12.5. The Morgan fingerprint density at radius 1 is 1.38 bits per heavy atom. The third-order valence-corrected chi connectivity index (χ3v) is 5.25. The summed E-state index contributed by atoms with van der Waals surface area (Å²) in [5.41, 5.74) is 1.12. The van der Waals surface area contributed by atoms with Crippen LogP contribution in [0, 0.1) is 0 Å². The molecule has 1 N–H and O–H groups in total. The van der Waals surface area contributed by atoms with E-state index in [2.05, 4.69) is 11.9 Å². The topological polar surface area (TPSA) is 98.8 Å². The summed E-state index contributed by atoms with van der Waals surface area (Å²) < 4.78 is 17.1. The molecule has 1 aliphatic rings. The van der Waals surface area contributed by atoms with Gasteiger partial charge in [0.25, 0.3) is 5.91 Å². The fourth-order valence-corrected chi connectivity index (χ4v) is 4.04. The average Bonchev–Trinajstić information content (AvgIpc) is 2.58. The lowest BCUT2D eigenvalue weighted by Crippen LogP contribution is -2.75. The van der Waals surface area contributed by atoms with Crippen LogP contribution in [0.2, 0.25) is 0 Å². The van der Waals surface area contributed by atoms with Crippen molar-refractivity contribution in [2.45, 2.75) is 37.9 Å². The van der Waals surface area contributed by atoms with Crippen molar-refractivity contribution in [3.63, 3.8) is 0 Å². The summed E-state index contributed by atoms with van der Waals surface area (Å²) in [6.07, 6.45) is 0. The molecule has 0 aliphatic carbocycles. The first-order chi connectivity index (χ1) is 12.2. The summed E-state index contributed by atoms with van der Waals surface area (Å²) in [5.74, 6) is -1.74. The zero-order chi connectivity index (χ0) is 19.4. The van der Waals surface area contributed by atoms with Crippen LogP contribution in [0.1, 0.15) is 19.4 Å². The van der Waals surface area contributed by atoms with Crippen molar-refractivity contribution in [1.82, 2.24) is 10.2 Å². The molecule has 2 amide bonds. The van der Waals surface area contributed by atoms with Gasteiger partial charge in [0.1, 0.15) is 6.61 Å². The summed E-state index contributed by atoms with van der Waals surface area (Å²) in [6, 6.07) is 6.86. The number of benzene rings is 1. The van der Waals surface area contributed by atoms with Crippen molar-refractivity contribution in [2.24, 2.45) is 0 Å². The van der Waals surface area contributed by atoms with E-state index in [1.54, 1.807) is 19.1 Å². The van der Waals surface area contributed by atoms with E-state index < -0.39 is 45.6 Å². The van der Waals surface area contributed by atoms with Crippen LogP contribution in [0.3, 0.4) is 0 Å². The quantitative estimate of drug-likeness (QED) is 0.322. The van der Waals surface area contributed by atoms with Crippen molar-refractivity contribution in [2.75, 3.05) is 0 Å². The molecular formula is C17H19ClN2O5S. The Labute approximate surface area is 159 Å². The average molecular weight is 399 g/mol. The molecule has 2 rings (SSSR count). The van der Waals surface area contributed by atoms with E-state index in [1.165, 1.54) is 6.92 Å². The minimum atomic E-state index is -2.00. The smallest absolute Gasteiger partial charge is 0.333 e. The predicted molar refractivity (Wildman–Crippen MR) is 97.1 cm³/mol. The number of nitrogens with zero attached hydrogens (tertiary/aromatic N) is 1. The maximum Gasteiger partial charge on any atom is 0.333 e. The van der Waals surface area contributed by atoms with Crippen LogP contribution >= 0.6 is 10.7 Å². The van der Waals surface area contributed by atoms with Gasteiger partial charge >= 0.3 is 5.97 Å². The molecule has 1 heterocycles. The number of carbonyl (C=O) groups is 3. The van der Waals surface area contributed by atoms with Crippen LogP contribution in [0.25, 0.3) is 0 Å². The normalized spacial score (nSPS) is 21.4. The summed E-state index contributed by atoms with van der Waals surface area (Å²) in [4.78, 5) is 37.2. The Kier molecular flexibility index (Phi) is 6.69. The number of hydrogen-bond acceptors (Lipinski definition) is 5. The standard InChI is InChI=1S/C17H19ClN2O5S/c1-10(2)14(17(23)25-9-12-7-5-4-6-8-12)20-15(22)13(19-11(3)21)16(20)26(18)24/h4-8,13-14,16H,1,9H2,2-3H3,(H,19,21). The molecule has 140 valence electrons. The van der Waals surface area contributed by atoms with Crippen LogP contribution in [-0.4, -0.2) is 44.7 Å². The van der Waals surface area contributed by atoms with Gasteiger partial charge in [0.2, 0.25) is 11.3 Å². The second kappa shape index (κ2) is 8.57. The molecule has 26 heavy (non-hydrogen) atoms. The number of carbonyl (C=O) groups excluding carboxylic acids is 3. The SMILES string of the molecule is C=C(C)C(C(=O)OCc1ccccc1)N1C(=O)C(NC(C)=O)C1[S+]([O-])Cl. The zero-order valence-corrected chi connectivity index (χ0v) is 15.9. The highest BCUT2D eigenvalue weighted by molar-refractivity contribution is 8.14. The van der Waals surface area contributed by atoms with Crippen LogP contribution in [0.15, 0.2) is 42.5 Å². The number of nitrogens with one attached hydrogen (secondary N) is 1. The third kappa shape index (κ3) is 4.38. The van der Waals surface area contributed by atoms with E-state index in [-0.39, 0.29) is 6.61 Å². The van der Waals surface area contributed by atoms with Crippen LogP contribution in [0.5, 0.6) is 0 Å². The molecule has 7 nitrogen and oxygen atoms in total. The van der Waals surface area contributed by atoms with Gasteiger partial charge in [-0.1, -0.05) is 36.9 Å². The minimum Gasteiger partial charge on any atom is -0.597 e. The van der Waals surface area contributed by atoms with Crippen molar-refractivity contribution in [1.29, 1.82) is 0 Å². The number of β-lactam (4-membered cyclic amide) rings is 1. The van der Waals surface area contributed by atoms with E-state index >= 15 is 0 Å². The highest BCUT2D eigenvalue weighted by Crippen LogP contribution is 2.32. The molecule has 0 saturated carbocycles. The van der Waals surface area contributed by atoms with Crippen LogP contribution in [0.4, 0.5) is 0 Å². The largest absolute Gasteiger partial charge is 0.597 e. The Morgan fingerprint density at radius 2 is 2.00 bits per heavy atom. The maximum atomic E-state index is 12.5. The number of rotatable bonds is 7. The molecular weight excluding hydrogens is 380 g/mol. The summed E-state index contributed by atoms with van der Waals surface area (Å²) in [6.45, 7) is 6.54. The Bertz CT molecular complexity index is 712. The van der Waals surface area contributed by atoms with E-state index in [0.29, 0.717) is 5.57 Å². The molecule has 1 fully saturated rings. The zero-order valence-electron chi connectivity index (χ0n) is 14.3. The number of hydrogen-bond donors (Lipinski definition) is 1. The van der Waals surface area contributed by atoms with Crippen LogP contribution < -0.4 is 5.32 Å². The third-order valence-electron chi connectivity index (χ3n) is 3.82. The molecule has 0 bridgehead atoms. The highest BCUT2D eigenvalue weighted by Gasteiger charge is 2.60. The molecule has 4 unspecified atom stereocenters. The molecule has 1 aromatic carbocycles. The number of ether oxygens (including phenoxy) is 1. The lowest BCUT2D eigenvalue weighted by atomic mass is 9.99. The van der Waals surface area contributed by atoms with Gasteiger partial charge < -0.3 is 14.6 Å². The van der Waals surface area contributed by atoms with E-state index in [9.17, 15) is 18.9 Å². The first kappa shape index (κ1) is 20.3. The predicted octanol–water partition coefficient (Wildman–Crippen LogP) is 1.25. The van der Waals surface area contributed by atoms with Crippen molar-refractivity contribution >= 4 is 38.9 Å². The van der Waals surface area contributed by atoms with Gasteiger partial charge in [-0.15, -0.1) is 0 Å². The fraction of sp³-hybridized carbons (Fsp3) is 0.353.